The highest BCUT2D eigenvalue weighted by atomic mass is 16.5. The normalized spacial score (nSPS) is 29.3. The van der Waals surface area contributed by atoms with Crippen molar-refractivity contribution >= 4 is 11.8 Å². The molecule has 0 aromatic heterocycles. The van der Waals surface area contributed by atoms with Crippen molar-refractivity contribution in [3.63, 3.8) is 0 Å². The minimum Gasteiger partial charge on any atom is -0.379 e. The third kappa shape index (κ3) is 4.07. The maximum absolute atomic E-state index is 12.8. The molecule has 1 N–H and O–H groups in total. The Morgan fingerprint density at radius 1 is 1.17 bits per heavy atom. The van der Waals surface area contributed by atoms with E-state index in [0.717, 1.165) is 65.1 Å². The van der Waals surface area contributed by atoms with Crippen LogP contribution in [-0.2, 0) is 14.3 Å². The topological polar surface area (TPSA) is 65.1 Å². The number of amides is 2. The van der Waals surface area contributed by atoms with E-state index in [1.54, 1.807) is 4.90 Å². The van der Waals surface area contributed by atoms with E-state index in [4.69, 9.17) is 4.74 Å². The van der Waals surface area contributed by atoms with Gasteiger partial charge in [0.05, 0.1) is 25.8 Å². The first-order chi connectivity index (χ1) is 11.7. The Hall–Kier alpha value is -1.18. The van der Waals surface area contributed by atoms with Crippen LogP contribution < -0.4 is 5.32 Å². The summed E-state index contributed by atoms with van der Waals surface area (Å²) in [4.78, 5) is 31.3. The van der Waals surface area contributed by atoms with Crippen LogP contribution in [0.5, 0.6) is 0 Å². The van der Waals surface area contributed by atoms with Crippen molar-refractivity contribution in [2.45, 2.75) is 37.8 Å². The lowest BCUT2D eigenvalue weighted by atomic mass is 10.1. The molecule has 0 saturated carbocycles. The standard InChI is InChI=1S/C17H30N4O3/c1-18-15-5-3-6-20(17(15)23)13-16(22)21-7-2-4-14(21)12-19-8-10-24-11-9-19/h14-15,18H,2-13H2,1H3/t14-,15+/m0/s1. The quantitative estimate of drug-likeness (QED) is 0.734. The predicted octanol–water partition coefficient (Wildman–Crippen LogP) is -0.480. The first-order valence-electron chi connectivity index (χ1n) is 9.24. The van der Waals surface area contributed by atoms with Crippen LogP contribution in [0, 0.1) is 0 Å². The predicted molar refractivity (Wildman–Crippen MR) is 90.7 cm³/mol. The molecular weight excluding hydrogens is 308 g/mol. The van der Waals surface area contributed by atoms with Crippen LogP contribution in [0.1, 0.15) is 25.7 Å². The van der Waals surface area contributed by atoms with Crippen LogP contribution in [0.25, 0.3) is 0 Å². The van der Waals surface area contributed by atoms with Gasteiger partial charge in [-0.05, 0) is 32.7 Å². The molecule has 0 aliphatic carbocycles. The Bertz CT molecular complexity index is 453. The van der Waals surface area contributed by atoms with Crippen LogP contribution in [-0.4, -0.2) is 98.1 Å². The van der Waals surface area contributed by atoms with Gasteiger partial charge in [-0.15, -0.1) is 0 Å². The average Bonchev–Trinajstić information content (AvgIpc) is 3.06. The molecule has 136 valence electrons. The van der Waals surface area contributed by atoms with Gasteiger partial charge in [-0.3, -0.25) is 14.5 Å². The zero-order valence-corrected chi connectivity index (χ0v) is 14.7. The third-order valence-corrected chi connectivity index (χ3v) is 5.48. The van der Waals surface area contributed by atoms with Crippen LogP contribution in [0.15, 0.2) is 0 Å². The van der Waals surface area contributed by atoms with Crippen molar-refractivity contribution in [1.29, 1.82) is 0 Å². The SMILES string of the molecule is CN[C@@H]1CCCN(CC(=O)N2CCC[C@H]2CN2CCOCC2)C1=O. The summed E-state index contributed by atoms with van der Waals surface area (Å²) in [7, 11) is 1.81. The Morgan fingerprint density at radius 2 is 1.92 bits per heavy atom. The van der Waals surface area contributed by atoms with Gasteiger partial charge in [0.1, 0.15) is 0 Å². The first kappa shape index (κ1) is 17.6. The maximum atomic E-state index is 12.8. The highest BCUT2D eigenvalue weighted by Crippen LogP contribution is 2.20. The molecule has 3 fully saturated rings. The molecule has 0 aromatic carbocycles. The molecular formula is C17H30N4O3. The van der Waals surface area contributed by atoms with E-state index in [0.29, 0.717) is 6.54 Å². The lowest BCUT2D eigenvalue weighted by molar-refractivity contribution is -0.144. The minimum atomic E-state index is -0.130. The van der Waals surface area contributed by atoms with Gasteiger partial charge in [-0.2, -0.15) is 0 Å². The molecule has 24 heavy (non-hydrogen) atoms. The number of nitrogens with zero attached hydrogens (tertiary/aromatic N) is 3. The Kier molecular flexibility index (Phi) is 6.08. The number of morpholine rings is 1. The molecule has 3 rings (SSSR count). The maximum Gasteiger partial charge on any atom is 0.242 e. The van der Waals surface area contributed by atoms with E-state index < -0.39 is 0 Å². The molecule has 0 aromatic rings. The molecule has 7 nitrogen and oxygen atoms in total. The second kappa shape index (κ2) is 8.27. The van der Waals surface area contributed by atoms with Crippen molar-refractivity contribution in [2.75, 3.05) is 59.5 Å². The highest BCUT2D eigenvalue weighted by molar-refractivity contribution is 5.88. The van der Waals surface area contributed by atoms with E-state index in [2.05, 4.69) is 10.2 Å². The third-order valence-electron chi connectivity index (χ3n) is 5.48. The molecule has 2 amide bonds. The average molecular weight is 338 g/mol. The molecule has 3 aliphatic rings. The molecule has 3 saturated heterocycles. The summed E-state index contributed by atoms with van der Waals surface area (Å²) >= 11 is 0. The Balaban J connectivity index is 1.54. The number of hydrogen-bond acceptors (Lipinski definition) is 5. The fourth-order valence-corrected chi connectivity index (χ4v) is 4.05. The molecule has 3 aliphatic heterocycles. The number of piperidine rings is 1. The summed E-state index contributed by atoms with van der Waals surface area (Å²) in [6.45, 7) is 6.16. The molecule has 0 unspecified atom stereocenters. The van der Waals surface area contributed by atoms with Crippen LogP contribution in [0.2, 0.25) is 0 Å². The van der Waals surface area contributed by atoms with Crippen molar-refractivity contribution in [2.24, 2.45) is 0 Å². The number of likely N-dealkylation sites (N-methyl/N-ethyl adjacent to an activating group) is 1. The molecule has 0 radical (unpaired) electrons. The Morgan fingerprint density at radius 3 is 2.67 bits per heavy atom. The van der Waals surface area contributed by atoms with Crippen LogP contribution in [0.3, 0.4) is 0 Å². The van der Waals surface area contributed by atoms with Crippen molar-refractivity contribution in [3.8, 4) is 0 Å². The van der Waals surface area contributed by atoms with Crippen molar-refractivity contribution in [3.05, 3.63) is 0 Å². The summed E-state index contributed by atoms with van der Waals surface area (Å²) < 4.78 is 5.40. The Labute approximate surface area is 144 Å². The molecule has 2 atom stereocenters. The smallest absolute Gasteiger partial charge is 0.242 e. The first-order valence-corrected chi connectivity index (χ1v) is 9.24. The molecule has 0 bridgehead atoms. The lowest BCUT2D eigenvalue weighted by Gasteiger charge is -2.35. The van der Waals surface area contributed by atoms with Gasteiger partial charge in [0.15, 0.2) is 0 Å². The zero-order chi connectivity index (χ0) is 16.9. The molecule has 3 heterocycles. The van der Waals surface area contributed by atoms with Gasteiger partial charge < -0.3 is 19.9 Å². The monoisotopic (exact) mass is 338 g/mol. The van der Waals surface area contributed by atoms with E-state index in [-0.39, 0.29) is 30.4 Å². The van der Waals surface area contributed by atoms with E-state index in [1.165, 1.54) is 0 Å². The second-order valence-corrected chi connectivity index (χ2v) is 7.04. The second-order valence-electron chi connectivity index (χ2n) is 7.04. The molecule has 7 heteroatoms. The van der Waals surface area contributed by atoms with Crippen LogP contribution in [0.4, 0.5) is 0 Å². The van der Waals surface area contributed by atoms with Gasteiger partial charge in [0, 0.05) is 38.8 Å². The fourth-order valence-electron chi connectivity index (χ4n) is 4.05. The fraction of sp³-hybridized carbons (Fsp3) is 0.882. The summed E-state index contributed by atoms with van der Waals surface area (Å²) in [6.07, 6.45) is 3.95. The number of hydrogen-bond donors (Lipinski definition) is 1. The van der Waals surface area contributed by atoms with Gasteiger partial charge in [0.25, 0.3) is 0 Å². The number of rotatable bonds is 5. The van der Waals surface area contributed by atoms with Gasteiger partial charge in [-0.25, -0.2) is 0 Å². The summed E-state index contributed by atoms with van der Waals surface area (Å²) in [5, 5.41) is 3.05. The number of likely N-dealkylation sites (tertiary alicyclic amines) is 2. The largest absolute Gasteiger partial charge is 0.379 e. The van der Waals surface area contributed by atoms with Crippen molar-refractivity contribution < 1.29 is 14.3 Å². The summed E-state index contributed by atoms with van der Waals surface area (Å²) in [5.41, 5.74) is 0. The number of ether oxygens (including phenoxy) is 1. The zero-order valence-electron chi connectivity index (χ0n) is 14.7. The highest BCUT2D eigenvalue weighted by Gasteiger charge is 2.34. The number of nitrogens with one attached hydrogen (secondary N) is 1. The number of carbonyl (C=O) groups is 2. The van der Waals surface area contributed by atoms with E-state index in [9.17, 15) is 9.59 Å². The van der Waals surface area contributed by atoms with Gasteiger partial charge >= 0.3 is 0 Å². The number of carbonyl (C=O) groups excluding carboxylic acids is 2. The molecule has 0 spiro atoms. The van der Waals surface area contributed by atoms with Gasteiger partial charge in [0.2, 0.25) is 11.8 Å². The minimum absolute atomic E-state index is 0.0704. The van der Waals surface area contributed by atoms with E-state index >= 15 is 0 Å². The van der Waals surface area contributed by atoms with Crippen LogP contribution >= 0.6 is 0 Å². The van der Waals surface area contributed by atoms with Crippen molar-refractivity contribution in [1.82, 2.24) is 20.0 Å². The summed E-state index contributed by atoms with van der Waals surface area (Å²) in [5.74, 6) is 0.178. The summed E-state index contributed by atoms with van der Waals surface area (Å²) in [6, 6.07) is 0.157. The van der Waals surface area contributed by atoms with E-state index in [1.807, 2.05) is 11.9 Å². The lowest BCUT2D eigenvalue weighted by Crippen LogP contribution is -2.54. The van der Waals surface area contributed by atoms with Gasteiger partial charge in [-0.1, -0.05) is 0 Å².